The molecule has 2 aliphatic heterocycles. The number of rotatable bonds is 11. The molecular formula is C27H34O16. The van der Waals surface area contributed by atoms with Crippen LogP contribution in [0.2, 0.25) is 0 Å². The summed E-state index contributed by atoms with van der Waals surface area (Å²) in [7, 11) is 3.88. The Balaban J connectivity index is 1.50. The van der Waals surface area contributed by atoms with Gasteiger partial charge in [0.2, 0.25) is 12.0 Å². The standard InChI is InChI=1S/C27H34O16/c1-36-15-6-12(4-5-14(15)30)24(34)39-10-27(35)11-40-26(23(27)33)43-22-20(32)19(31)18(9-28)41-25(22)42-21-16(37-2)7-13(29)8-17(21)38-3/h4-8,18-20,22-23,25-26,28-33,35H,9-11H2,1-3H3/t18-,19-,20-,22-,23+,25+,26+,27+/m1/s1. The molecule has 0 unspecified atom stereocenters. The Morgan fingerprint density at radius 3 is 2.21 bits per heavy atom. The third-order valence-electron chi connectivity index (χ3n) is 6.97. The van der Waals surface area contributed by atoms with Gasteiger partial charge in [0.1, 0.15) is 36.8 Å². The lowest BCUT2D eigenvalue weighted by Gasteiger charge is -2.42. The van der Waals surface area contributed by atoms with E-state index in [1.165, 1.54) is 51.7 Å². The Kier molecular flexibility index (Phi) is 10.0. The number of phenols is 2. The number of hydrogen-bond acceptors (Lipinski definition) is 16. The second-order valence-corrected chi connectivity index (χ2v) is 9.80. The molecule has 238 valence electrons. The predicted molar refractivity (Wildman–Crippen MR) is 140 cm³/mol. The van der Waals surface area contributed by atoms with Gasteiger partial charge < -0.3 is 73.6 Å². The molecule has 2 fully saturated rings. The summed E-state index contributed by atoms with van der Waals surface area (Å²) >= 11 is 0. The first kappa shape index (κ1) is 32.3. The number of phenolic OH excluding ortho intramolecular Hbond substituents is 2. The van der Waals surface area contributed by atoms with Gasteiger partial charge in [-0.05, 0) is 18.2 Å². The first-order chi connectivity index (χ1) is 20.5. The first-order valence-corrected chi connectivity index (χ1v) is 12.9. The van der Waals surface area contributed by atoms with Crippen molar-refractivity contribution in [3.63, 3.8) is 0 Å². The summed E-state index contributed by atoms with van der Waals surface area (Å²) in [6.07, 6.45) is -11.4. The molecule has 0 radical (unpaired) electrons. The van der Waals surface area contributed by atoms with Gasteiger partial charge in [0, 0.05) is 12.1 Å². The molecule has 7 N–H and O–H groups in total. The van der Waals surface area contributed by atoms with Crippen molar-refractivity contribution >= 4 is 5.97 Å². The van der Waals surface area contributed by atoms with Crippen LogP contribution in [-0.4, -0.2) is 132 Å². The van der Waals surface area contributed by atoms with Crippen LogP contribution in [0.25, 0.3) is 0 Å². The van der Waals surface area contributed by atoms with Crippen molar-refractivity contribution in [2.45, 2.75) is 48.7 Å². The third-order valence-corrected chi connectivity index (χ3v) is 6.97. The maximum Gasteiger partial charge on any atom is 0.338 e. The average molecular weight is 615 g/mol. The molecule has 0 aromatic heterocycles. The zero-order chi connectivity index (χ0) is 31.5. The van der Waals surface area contributed by atoms with Gasteiger partial charge in [-0.1, -0.05) is 0 Å². The van der Waals surface area contributed by atoms with Crippen molar-refractivity contribution in [1.82, 2.24) is 0 Å². The molecule has 0 saturated carbocycles. The van der Waals surface area contributed by atoms with Crippen molar-refractivity contribution in [1.29, 1.82) is 0 Å². The van der Waals surface area contributed by atoms with Crippen LogP contribution in [0.4, 0.5) is 0 Å². The normalized spacial score (nSPS) is 30.5. The SMILES string of the molecule is COc1cc(C(=O)OC[C@]2(O)CO[C@@H](O[C@H]3[C@H](Oc4c(OC)cc(O)cc4OC)O[C@H](CO)[C@@H](O)[C@H]3O)[C@@H]2O)ccc1O. The second-order valence-electron chi connectivity index (χ2n) is 9.80. The van der Waals surface area contributed by atoms with Gasteiger partial charge in [0.25, 0.3) is 0 Å². The van der Waals surface area contributed by atoms with E-state index < -0.39 is 74.5 Å². The van der Waals surface area contributed by atoms with E-state index in [1.54, 1.807) is 0 Å². The van der Waals surface area contributed by atoms with Crippen LogP contribution in [0.1, 0.15) is 10.4 Å². The average Bonchev–Trinajstić information content (AvgIpc) is 3.28. The molecule has 0 bridgehead atoms. The largest absolute Gasteiger partial charge is 0.508 e. The molecule has 2 aromatic carbocycles. The lowest BCUT2D eigenvalue weighted by molar-refractivity contribution is -0.319. The number of aliphatic hydroxyl groups is 5. The number of carbonyl (C=O) groups excluding carboxylic acids is 1. The Labute approximate surface area is 245 Å². The van der Waals surface area contributed by atoms with Crippen molar-refractivity contribution < 1.29 is 78.4 Å². The Morgan fingerprint density at radius 2 is 1.60 bits per heavy atom. The van der Waals surface area contributed by atoms with Crippen LogP contribution < -0.4 is 18.9 Å². The van der Waals surface area contributed by atoms with Crippen LogP contribution in [0.5, 0.6) is 34.5 Å². The maximum absolute atomic E-state index is 12.5. The fraction of sp³-hybridized carbons (Fsp3) is 0.519. The van der Waals surface area contributed by atoms with E-state index in [0.717, 1.165) is 0 Å². The number of methoxy groups -OCH3 is 3. The molecule has 0 spiro atoms. The minimum atomic E-state index is -2.16. The monoisotopic (exact) mass is 614 g/mol. The summed E-state index contributed by atoms with van der Waals surface area (Å²) in [4.78, 5) is 12.5. The van der Waals surface area contributed by atoms with Crippen LogP contribution >= 0.6 is 0 Å². The Morgan fingerprint density at radius 1 is 0.953 bits per heavy atom. The summed E-state index contributed by atoms with van der Waals surface area (Å²) in [5.74, 6) is -1.39. The van der Waals surface area contributed by atoms with Gasteiger partial charge >= 0.3 is 5.97 Å². The number of aromatic hydroxyl groups is 2. The fourth-order valence-electron chi connectivity index (χ4n) is 4.52. The summed E-state index contributed by atoms with van der Waals surface area (Å²) in [6.45, 7) is -2.02. The van der Waals surface area contributed by atoms with E-state index in [1.807, 2.05) is 0 Å². The number of esters is 1. The van der Waals surface area contributed by atoms with E-state index in [-0.39, 0.29) is 40.1 Å². The lowest BCUT2D eigenvalue weighted by Crippen LogP contribution is -2.62. The molecule has 2 aliphatic rings. The van der Waals surface area contributed by atoms with Crippen molar-refractivity contribution in [3.8, 4) is 34.5 Å². The summed E-state index contributed by atoms with van der Waals surface area (Å²) in [5, 5.41) is 72.6. The molecule has 16 nitrogen and oxygen atoms in total. The number of ether oxygens (including phenoxy) is 8. The van der Waals surface area contributed by atoms with Crippen molar-refractivity contribution in [2.24, 2.45) is 0 Å². The molecular weight excluding hydrogens is 580 g/mol. The zero-order valence-electron chi connectivity index (χ0n) is 23.4. The molecule has 0 amide bonds. The van der Waals surface area contributed by atoms with Gasteiger partial charge in [-0.25, -0.2) is 4.79 Å². The fourth-order valence-corrected chi connectivity index (χ4v) is 4.52. The molecule has 8 atom stereocenters. The van der Waals surface area contributed by atoms with Crippen molar-refractivity contribution in [2.75, 3.05) is 41.2 Å². The molecule has 2 saturated heterocycles. The minimum Gasteiger partial charge on any atom is -0.508 e. The molecule has 43 heavy (non-hydrogen) atoms. The lowest BCUT2D eigenvalue weighted by atomic mass is 9.98. The van der Waals surface area contributed by atoms with Crippen LogP contribution in [0.3, 0.4) is 0 Å². The van der Waals surface area contributed by atoms with E-state index in [2.05, 4.69) is 0 Å². The third kappa shape index (κ3) is 6.66. The number of carbonyl (C=O) groups is 1. The number of aliphatic hydroxyl groups excluding tert-OH is 4. The number of benzene rings is 2. The second kappa shape index (κ2) is 13.4. The zero-order valence-corrected chi connectivity index (χ0v) is 23.4. The highest BCUT2D eigenvalue weighted by Gasteiger charge is 2.54. The maximum atomic E-state index is 12.5. The van der Waals surface area contributed by atoms with E-state index in [0.29, 0.717) is 0 Å². The molecule has 0 aliphatic carbocycles. The quantitative estimate of drug-likeness (QED) is 0.145. The molecule has 16 heteroatoms. The molecule has 2 aromatic rings. The predicted octanol–water partition coefficient (Wildman–Crippen LogP) is -1.37. The van der Waals surface area contributed by atoms with Gasteiger partial charge in [-0.3, -0.25) is 0 Å². The summed E-state index contributed by atoms with van der Waals surface area (Å²) in [6, 6.07) is 6.14. The highest BCUT2D eigenvalue weighted by atomic mass is 16.8. The van der Waals surface area contributed by atoms with Crippen LogP contribution in [0.15, 0.2) is 30.3 Å². The van der Waals surface area contributed by atoms with E-state index in [9.17, 15) is 40.5 Å². The summed E-state index contributed by atoms with van der Waals surface area (Å²) in [5.41, 5.74) is -2.16. The van der Waals surface area contributed by atoms with Gasteiger partial charge in [0.15, 0.2) is 41.0 Å². The highest BCUT2D eigenvalue weighted by Crippen LogP contribution is 2.43. The van der Waals surface area contributed by atoms with Crippen molar-refractivity contribution in [3.05, 3.63) is 35.9 Å². The van der Waals surface area contributed by atoms with Crippen LogP contribution in [0, 0.1) is 0 Å². The van der Waals surface area contributed by atoms with E-state index in [4.69, 9.17) is 37.9 Å². The Hall–Kier alpha value is -3.61. The number of hydrogen-bond donors (Lipinski definition) is 7. The topological polar surface area (TPSA) is 233 Å². The molecule has 4 rings (SSSR count). The smallest absolute Gasteiger partial charge is 0.338 e. The van der Waals surface area contributed by atoms with Gasteiger partial charge in [0.05, 0.1) is 40.1 Å². The van der Waals surface area contributed by atoms with E-state index >= 15 is 0 Å². The van der Waals surface area contributed by atoms with Gasteiger partial charge in [-0.15, -0.1) is 0 Å². The summed E-state index contributed by atoms with van der Waals surface area (Å²) < 4.78 is 43.3. The minimum absolute atomic E-state index is 0.0000455. The van der Waals surface area contributed by atoms with Gasteiger partial charge in [-0.2, -0.15) is 0 Å². The first-order valence-electron chi connectivity index (χ1n) is 12.9. The van der Waals surface area contributed by atoms with Crippen LogP contribution in [-0.2, 0) is 18.9 Å². The molecule has 2 heterocycles. The highest BCUT2D eigenvalue weighted by molar-refractivity contribution is 5.90. The Bertz CT molecular complexity index is 1250.